The summed E-state index contributed by atoms with van der Waals surface area (Å²) in [4.78, 5) is 19.2. The minimum Gasteiger partial charge on any atom is -0.366 e. The number of benzene rings is 1. The highest BCUT2D eigenvalue weighted by Gasteiger charge is 2.33. The third-order valence-corrected chi connectivity index (χ3v) is 3.67. The monoisotopic (exact) mass is 316 g/mol. The van der Waals surface area contributed by atoms with Crippen LogP contribution in [0.1, 0.15) is 35.9 Å². The first kappa shape index (κ1) is 16.8. The Balaban J connectivity index is 0.000001000. The molecule has 2 aromatic rings. The van der Waals surface area contributed by atoms with Crippen LogP contribution >= 0.6 is 24.8 Å². The van der Waals surface area contributed by atoms with Gasteiger partial charge in [0, 0.05) is 0 Å². The third-order valence-electron chi connectivity index (χ3n) is 3.67. The number of fused-ring (bicyclic) bond motifs is 1. The van der Waals surface area contributed by atoms with Crippen molar-refractivity contribution in [2.24, 2.45) is 5.73 Å². The first-order valence-corrected chi connectivity index (χ1v) is 6.14. The van der Waals surface area contributed by atoms with E-state index < -0.39 is 5.91 Å². The van der Waals surface area contributed by atoms with Crippen LogP contribution in [-0.4, -0.2) is 22.4 Å². The Morgan fingerprint density at radius 1 is 1.40 bits per heavy atom. The fourth-order valence-electron chi connectivity index (χ4n) is 2.59. The highest BCUT2D eigenvalue weighted by Crippen LogP contribution is 2.30. The van der Waals surface area contributed by atoms with Crippen LogP contribution < -0.4 is 11.1 Å². The van der Waals surface area contributed by atoms with Crippen LogP contribution in [0.25, 0.3) is 11.0 Å². The fraction of sp³-hybridized carbons (Fsp3) is 0.385. The van der Waals surface area contributed by atoms with Crippen LogP contribution in [0.15, 0.2) is 18.2 Å². The van der Waals surface area contributed by atoms with Crippen molar-refractivity contribution in [3.8, 4) is 0 Å². The molecule has 7 heteroatoms. The van der Waals surface area contributed by atoms with Gasteiger partial charge < -0.3 is 16.0 Å². The Bertz CT molecular complexity index is 620. The highest BCUT2D eigenvalue weighted by atomic mass is 35.5. The van der Waals surface area contributed by atoms with Crippen LogP contribution in [0, 0.1) is 0 Å². The number of hydrogen-bond donors (Lipinski definition) is 3. The molecule has 3 rings (SSSR count). The summed E-state index contributed by atoms with van der Waals surface area (Å²) in [6.45, 7) is 3.12. The van der Waals surface area contributed by atoms with Gasteiger partial charge in [0.15, 0.2) is 0 Å². The number of halogens is 2. The summed E-state index contributed by atoms with van der Waals surface area (Å²) in [6.07, 6.45) is 2.18. The van der Waals surface area contributed by atoms with E-state index in [0.29, 0.717) is 11.1 Å². The van der Waals surface area contributed by atoms with Gasteiger partial charge in [-0.15, -0.1) is 24.8 Å². The molecule has 0 radical (unpaired) electrons. The number of rotatable bonds is 2. The van der Waals surface area contributed by atoms with Crippen molar-refractivity contribution in [1.29, 1.82) is 0 Å². The molecule has 0 aliphatic carbocycles. The molecule has 1 fully saturated rings. The minimum atomic E-state index is -0.441. The van der Waals surface area contributed by atoms with E-state index in [-0.39, 0.29) is 30.4 Å². The number of amides is 1. The van der Waals surface area contributed by atoms with Gasteiger partial charge in [-0.1, -0.05) is 6.07 Å². The SMILES string of the molecule is C[C@@]1(c2nc3c(C(N)=O)cccc3[nH]2)CCCN1.Cl.Cl. The number of carbonyl (C=O) groups is 1. The van der Waals surface area contributed by atoms with Crippen LogP contribution in [-0.2, 0) is 5.54 Å². The van der Waals surface area contributed by atoms with Gasteiger partial charge in [-0.2, -0.15) is 0 Å². The average molecular weight is 317 g/mol. The van der Waals surface area contributed by atoms with Gasteiger partial charge in [-0.05, 0) is 38.4 Å². The van der Waals surface area contributed by atoms with Crippen molar-refractivity contribution in [2.45, 2.75) is 25.3 Å². The number of imidazole rings is 1. The molecule has 5 nitrogen and oxygen atoms in total. The summed E-state index contributed by atoms with van der Waals surface area (Å²) in [5.41, 5.74) is 7.22. The summed E-state index contributed by atoms with van der Waals surface area (Å²) in [6, 6.07) is 5.44. The molecule has 1 saturated heterocycles. The van der Waals surface area contributed by atoms with E-state index in [1.54, 1.807) is 6.07 Å². The smallest absolute Gasteiger partial charge is 0.250 e. The lowest BCUT2D eigenvalue weighted by Gasteiger charge is -2.21. The standard InChI is InChI=1S/C13H16N4O.2ClH/c1-13(6-3-7-15-13)12-16-9-5-2-4-8(11(14)18)10(9)17-12;;/h2,4-5,15H,3,6-7H2,1H3,(H2,14,18)(H,16,17);2*1H/t13-;;/m0../s1. The van der Waals surface area contributed by atoms with Crippen LogP contribution in [0.4, 0.5) is 0 Å². The minimum absolute atomic E-state index is 0. The van der Waals surface area contributed by atoms with E-state index in [2.05, 4.69) is 22.2 Å². The molecule has 1 amide bonds. The zero-order valence-electron chi connectivity index (χ0n) is 11.1. The molecule has 1 aliphatic rings. The maximum absolute atomic E-state index is 11.4. The molecule has 4 N–H and O–H groups in total. The van der Waals surface area contributed by atoms with Gasteiger partial charge in [-0.3, -0.25) is 4.79 Å². The molecular weight excluding hydrogens is 299 g/mol. The summed E-state index contributed by atoms with van der Waals surface area (Å²) >= 11 is 0. The largest absolute Gasteiger partial charge is 0.366 e. The zero-order chi connectivity index (χ0) is 12.8. The van der Waals surface area contributed by atoms with Crippen molar-refractivity contribution < 1.29 is 4.79 Å². The fourth-order valence-corrected chi connectivity index (χ4v) is 2.59. The summed E-state index contributed by atoms with van der Waals surface area (Å²) < 4.78 is 0. The van der Waals surface area contributed by atoms with E-state index in [1.807, 2.05) is 12.1 Å². The number of H-pyrrole nitrogens is 1. The predicted octanol–water partition coefficient (Wildman–Crippen LogP) is 2.10. The van der Waals surface area contributed by atoms with Crippen molar-refractivity contribution in [1.82, 2.24) is 15.3 Å². The molecule has 1 aromatic heterocycles. The summed E-state index contributed by atoms with van der Waals surface area (Å²) in [5, 5.41) is 3.45. The zero-order valence-corrected chi connectivity index (χ0v) is 12.7. The molecule has 0 bridgehead atoms. The predicted molar refractivity (Wildman–Crippen MR) is 83.7 cm³/mol. The van der Waals surface area contributed by atoms with E-state index in [1.165, 1.54) is 0 Å². The molecule has 0 saturated carbocycles. The lowest BCUT2D eigenvalue weighted by atomic mass is 10.00. The van der Waals surface area contributed by atoms with Crippen molar-refractivity contribution in [2.75, 3.05) is 6.54 Å². The number of carbonyl (C=O) groups excluding carboxylic acids is 1. The molecule has 1 aromatic carbocycles. The quantitative estimate of drug-likeness (QED) is 0.793. The maximum Gasteiger partial charge on any atom is 0.250 e. The molecular formula is C13H18Cl2N4O. The topological polar surface area (TPSA) is 83.8 Å². The Labute approximate surface area is 129 Å². The summed E-state index contributed by atoms with van der Waals surface area (Å²) in [7, 11) is 0. The van der Waals surface area contributed by atoms with Gasteiger partial charge in [0.25, 0.3) is 5.91 Å². The number of para-hydroxylation sites is 1. The van der Waals surface area contributed by atoms with Gasteiger partial charge in [0.1, 0.15) is 11.3 Å². The number of primary amides is 1. The second-order valence-electron chi connectivity index (χ2n) is 5.01. The summed E-state index contributed by atoms with van der Waals surface area (Å²) in [5.74, 6) is 0.437. The molecule has 110 valence electrons. The number of aromatic amines is 1. The Morgan fingerprint density at radius 3 is 2.75 bits per heavy atom. The van der Waals surface area contributed by atoms with Crippen LogP contribution in [0.3, 0.4) is 0 Å². The maximum atomic E-state index is 11.4. The van der Waals surface area contributed by atoms with E-state index >= 15 is 0 Å². The number of nitrogens with zero attached hydrogens (tertiary/aromatic N) is 1. The first-order chi connectivity index (χ1) is 8.60. The second-order valence-corrected chi connectivity index (χ2v) is 5.01. The van der Waals surface area contributed by atoms with E-state index in [9.17, 15) is 4.79 Å². The lowest BCUT2D eigenvalue weighted by Crippen LogP contribution is -2.34. The Morgan fingerprint density at radius 2 is 2.15 bits per heavy atom. The van der Waals surface area contributed by atoms with E-state index in [4.69, 9.17) is 5.73 Å². The van der Waals surface area contributed by atoms with Crippen molar-refractivity contribution in [3.05, 3.63) is 29.6 Å². The van der Waals surface area contributed by atoms with Gasteiger partial charge >= 0.3 is 0 Å². The van der Waals surface area contributed by atoms with Crippen LogP contribution in [0.5, 0.6) is 0 Å². The van der Waals surface area contributed by atoms with Crippen molar-refractivity contribution in [3.63, 3.8) is 0 Å². The normalized spacial score (nSPS) is 21.2. The van der Waals surface area contributed by atoms with Crippen LogP contribution in [0.2, 0.25) is 0 Å². The first-order valence-electron chi connectivity index (χ1n) is 6.14. The number of hydrogen-bond acceptors (Lipinski definition) is 3. The number of aromatic nitrogens is 2. The van der Waals surface area contributed by atoms with E-state index in [0.717, 1.165) is 30.7 Å². The van der Waals surface area contributed by atoms with Gasteiger partial charge in [0.05, 0.1) is 16.6 Å². The Hall–Kier alpha value is -1.30. The molecule has 0 unspecified atom stereocenters. The van der Waals surface area contributed by atoms with Crippen molar-refractivity contribution >= 4 is 41.8 Å². The highest BCUT2D eigenvalue weighted by molar-refractivity contribution is 6.04. The van der Waals surface area contributed by atoms with Gasteiger partial charge in [0.2, 0.25) is 0 Å². The molecule has 2 heterocycles. The molecule has 1 atom stereocenters. The number of nitrogens with two attached hydrogens (primary N) is 1. The lowest BCUT2D eigenvalue weighted by molar-refractivity contribution is 0.100. The number of nitrogens with one attached hydrogen (secondary N) is 2. The molecule has 20 heavy (non-hydrogen) atoms. The van der Waals surface area contributed by atoms with Gasteiger partial charge in [-0.25, -0.2) is 4.98 Å². The Kier molecular flexibility index (Phi) is 5.02. The molecule has 0 spiro atoms. The third kappa shape index (κ3) is 2.61. The second kappa shape index (κ2) is 5.99. The average Bonchev–Trinajstić information content (AvgIpc) is 2.94. The molecule has 1 aliphatic heterocycles.